The number of nitrogens with zero attached hydrogens (tertiary/aromatic N) is 2. The molecule has 0 amide bonds. The Morgan fingerprint density at radius 3 is 2.47 bits per heavy atom. The fourth-order valence-corrected chi connectivity index (χ4v) is 2.41. The van der Waals surface area contributed by atoms with E-state index in [4.69, 9.17) is 12.2 Å². The summed E-state index contributed by atoms with van der Waals surface area (Å²) in [7, 11) is 0. The number of aromatic amines is 1. The van der Waals surface area contributed by atoms with E-state index in [9.17, 15) is 8.78 Å². The lowest BCUT2D eigenvalue weighted by Gasteiger charge is -2.10. The van der Waals surface area contributed by atoms with Gasteiger partial charge in [0.25, 0.3) is 0 Å². The molecule has 0 fully saturated rings. The molecule has 0 saturated carbocycles. The van der Waals surface area contributed by atoms with Gasteiger partial charge in [0.15, 0.2) is 10.6 Å². The maximum absolute atomic E-state index is 14.0. The molecule has 0 unspecified atom stereocenters. The van der Waals surface area contributed by atoms with Crippen molar-refractivity contribution in [2.45, 2.75) is 20.4 Å². The van der Waals surface area contributed by atoms with Gasteiger partial charge in [-0.1, -0.05) is 29.8 Å². The van der Waals surface area contributed by atoms with Crippen molar-refractivity contribution in [3.8, 4) is 11.4 Å². The van der Waals surface area contributed by atoms with Crippen LogP contribution in [0.3, 0.4) is 0 Å². The fourth-order valence-electron chi connectivity index (χ4n) is 1.80. The lowest BCUT2D eigenvalue weighted by molar-refractivity contribution is 0.516. The van der Waals surface area contributed by atoms with Gasteiger partial charge < -0.3 is 0 Å². The van der Waals surface area contributed by atoms with Crippen molar-refractivity contribution in [3.05, 3.63) is 33.0 Å². The molecule has 1 heterocycles. The molecule has 19 heavy (non-hydrogen) atoms. The normalized spacial score (nSPS) is 11.3. The Morgan fingerprint density at radius 2 is 1.95 bits per heavy atom. The van der Waals surface area contributed by atoms with Crippen LogP contribution in [-0.2, 0) is 6.54 Å². The number of hydrogen-bond acceptors (Lipinski definition) is 2. The van der Waals surface area contributed by atoms with E-state index in [1.807, 2.05) is 13.8 Å². The van der Waals surface area contributed by atoms with E-state index < -0.39 is 11.6 Å². The van der Waals surface area contributed by atoms with Gasteiger partial charge in [0.05, 0.1) is 5.56 Å². The zero-order chi connectivity index (χ0) is 14.2. The first-order valence-corrected chi connectivity index (χ1v) is 6.90. The zero-order valence-corrected chi connectivity index (χ0v) is 12.8. The Morgan fingerprint density at radius 1 is 1.37 bits per heavy atom. The maximum Gasteiger partial charge on any atom is 0.195 e. The summed E-state index contributed by atoms with van der Waals surface area (Å²) in [6, 6.07) is 2.41. The summed E-state index contributed by atoms with van der Waals surface area (Å²) < 4.78 is 30.2. The highest BCUT2D eigenvalue weighted by molar-refractivity contribution is 9.10. The minimum absolute atomic E-state index is 0.170. The molecule has 2 rings (SSSR count). The first-order chi connectivity index (χ1) is 8.90. The average molecular weight is 348 g/mol. The minimum atomic E-state index is -0.675. The van der Waals surface area contributed by atoms with Crippen LogP contribution in [0.1, 0.15) is 13.8 Å². The predicted octanol–water partition coefficient (Wildman–Crippen LogP) is 4.30. The molecular weight excluding hydrogens is 336 g/mol. The Hall–Kier alpha value is -1.08. The van der Waals surface area contributed by atoms with E-state index in [2.05, 4.69) is 26.1 Å². The second-order valence-corrected chi connectivity index (χ2v) is 5.90. The molecule has 102 valence electrons. The predicted molar refractivity (Wildman–Crippen MR) is 75.3 cm³/mol. The van der Waals surface area contributed by atoms with E-state index in [0.29, 0.717) is 15.8 Å². The third kappa shape index (κ3) is 2.92. The molecule has 0 aliphatic rings. The van der Waals surface area contributed by atoms with Gasteiger partial charge in [0, 0.05) is 11.0 Å². The minimum Gasteiger partial charge on any atom is -0.300 e. The van der Waals surface area contributed by atoms with Gasteiger partial charge >= 0.3 is 0 Å². The van der Waals surface area contributed by atoms with Crippen molar-refractivity contribution in [2.24, 2.45) is 5.92 Å². The first kappa shape index (κ1) is 14.3. The molecule has 0 bridgehead atoms. The van der Waals surface area contributed by atoms with Crippen LogP contribution in [0.2, 0.25) is 0 Å². The lowest BCUT2D eigenvalue weighted by Crippen LogP contribution is -2.08. The summed E-state index contributed by atoms with van der Waals surface area (Å²) in [4.78, 5) is 0. The lowest BCUT2D eigenvalue weighted by atomic mass is 10.1. The Bertz CT molecular complexity index is 640. The summed E-state index contributed by atoms with van der Waals surface area (Å²) in [5, 5.41) is 6.52. The molecular formula is C12H12BrF2N3S. The van der Waals surface area contributed by atoms with Crippen LogP contribution in [0.25, 0.3) is 11.4 Å². The second kappa shape index (κ2) is 5.50. The molecule has 3 nitrogen and oxygen atoms in total. The summed E-state index contributed by atoms with van der Waals surface area (Å²) in [6.07, 6.45) is 0. The van der Waals surface area contributed by atoms with E-state index in [1.54, 1.807) is 4.57 Å². The van der Waals surface area contributed by atoms with Gasteiger partial charge in [-0.25, -0.2) is 8.78 Å². The average Bonchev–Trinajstić information content (AvgIpc) is 2.59. The topological polar surface area (TPSA) is 33.6 Å². The van der Waals surface area contributed by atoms with Crippen LogP contribution in [-0.4, -0.2) is 14.8 Å². The van der Waals surface area contributed by atoms with E-state index in [-0.39, 0.29) is 17.3 Å². The first-order valence-electron chi connectivity index (χ1n) is 5.70. The number of benzene rings is 1. The standard InChI is InChI=1S/C12H12BrF2N3S/c1-6(2)5-18-11(16-17-12(18)19)10-8(14)3-7(13)4-9(10)15/h3-4,6H,5H2,1-2H3,(H,17,19). The zero-order valence-electron chi connectivity index (χ0n) is 10.4. The van der Waals surface area contributed by atoms with Crippen molar-refractivity contribution in [1.29, 1.82) is 0 Å². The molecule has 1 N–H and O–H groups in total. The van der Waals surface area contributed by atoms with Crippen LogP contribution in [0.15, 0.2) is 16.6 Å². The van der Waals surface area contributed by atoms with Gasteiger partial charge in [-0.3, -0.25) is 9.67 Å². The van der Waals surface area contributed by atoms with Gasteiger partial charge in [-0.2, -0.15) is 5.10 Å². The van der Waals surface area contributed by atoms with Gasteiger partial charge in [0.1, 0.15) is 11.6 Å². The number of nitrogens with one attached hydrogen (secondary N) is 1. The van der Waals surface area contributed by atoms with Gasteiger partial charge in [-0.15, -0.1) is 0 Å². The van der Waals surface area contributed by atoms with Crippen molar-refractivity contribution in [1.82, 2.24) is 14.8 Å². The summed E-state index contributed by atoms with van der Waals surface area (Å²) in [5.74, 6) is -0.886. The van der Waals surface area contributed by atoms with Crippen molar-refractivity contribution in [3.63, 3.8) is 0 Å². The van der Waals surface area contributed by atoms with Crippen LogP contribution < -0.4 is 0 Å². The highest BCUT2D eigenvalue weighted by Crippen LogP contribution is 2.28. The second-order valence-electron chi connectivity index (χ2n) is 4.60. The van der Waals surface area contributed by atoms with Crippen molar-refractivity contribution >= 4 is 28.1 Å². The Labute approximate surface area is 122 Å². The van der Waals surface area contributed by atoms with Gasteiger partial charge in [0.2, 0.25) is 0 Å². The third-order valence-corrected chi connectivity index (χ3v) is 3.31. The number of rotatable bonds is 3. The van der Waals surface area contributed by atoms with Crippen LogP contribution in [0.4, 0.5) is 8.78 Å². The fraction of sp³-hybridized carbons (Fsp3) is 0.333. The van der Waals surface area contributed by atoms with Crippen LogP contribution in [0.5, 0.6) is 0 Å². The highest BCUT2D eigenvalue weighted by Gasteiger charge is 2.19. The molecule has 1 aromatic heterocycles. The number of halogens is 3. The SMILES string of the molecule is CC(C)Cn1c(-c2c(F)cc(Br)cc2F)n[nH]c1=S. The Kier molecular flexibility index (Phi) is 4.15. The van der Waals surface area contributed by atoms with Crippen molar-refractivity contribution in [2.75, 3.05) is 0 Å². The molecule has 0 aliphatic carbocycles. The smallest absolute Gasteiger partial charge is 0.195 e. The number of H-pyrrole nitrogens is 1. The highest BCUT2D eigenvalue weighted by atomic mass is 79.9. The quantitative estimate of drug-likeness (QED) is 0.839. The Balaban J connectivity index is 2.63. The van der Waals surface area contributed by atoms with Crippen molar-refractivity contribution < 1.29 is 8.78 Å². The molecule has 0 aliphatic heterocycles. The van der Waals surface area contributed by atoms with E-state index >= 15 is 0 Å². The summed E-state index contributed by atoms with van der Waals surface area (Å²) >= 11 is 8.14. The molecule has 1 aromatic carbocycles. The molecule has 7 heteroatoms. The van der Waals surface area contributed by atoms with Crippen LogP contribution in [0, 0.1) is 22.3 Å². The largest absolute Gasteiger partial charge is 0.300 e. The van der Waals surface area contributed by atoms with Gasteiger partial charge in [-0.05, 0) is 30.3 Å². The maximum atomic E-state index is 14.0. The molecule has 0 radical (unpaired) electrons. The molecule has 2 aromatic rings. The molecule has 0 atom stereocenters. The number of hydrogen-bond donors (Lipinski definition) is 1. The van der Waals surface area contributed by atoms with E-state index in [0.717, 1.165) is 0 Å². The van der Waals surface area contributed by atoms with E-state index in [1.165, 1.54) is 12.1 Å². The third-order valence-electron chi connectivity index (χ3n) is 2.54. The molecule has 0 spiro atoms. The monoisotopic (exact) mass is 347 g/mol. The summed E-state index contributed by atoms with van der Waals surface area (Å²) in [5.41, 5.74) is -0.170. The number of aromatic nitrogens is 3. The van der Waals surface area contributed by atoms with Crippen LogP contribution >= 0.6 is 28.1 Å². The molecule has 0 saturated heterocycles. The summed E-state index contributed by atoms with van der Waals surface area (Å²) in [6.45, 7) is 4.53.